The molecule has 19 heavy (non-hydrogen) atoms. The first kappa shape index (κ1) is 15.5. The summed E-state index contributed by atoms with van der Waals surface area (Å²) in [5.74, 6) is -1.06. The van der Waals surface area contributed by atoms with Crippen LogP contribution in [0, 0.1) is 10.1 Å². The highest BCUT2D eigenvalue weighted by molar-refractivity contribution is 6.17. The number of nitrogens with zero attached hydrogens (tertiary/aromatic N) is 1. The van der Waals surface area contributed by atoms with Gasteiger partial charge in [-0.2, -0.15) is 26.3 Å². The van der Waals surface area contributed by atoms with Crippen LogP contribution in [0.25, 0.3) is 0 Å². The largest absolute Gasteiger partial charge is 0.423 e. The maximum Gasteiger partial charge on any atom is 0.423 e. The molecule has 0 bridgehead atoms. The molecule has 0 spiro atoms. The Hall–Kier alpha value is -1.51. The molecule has 0 amide bonds. The van der Waals surface area contributed by atoms with Crippen LogP contribution in [0.15, 0.2) is 12.1 Å². The van der Waals surface area contributed by atoms with Gasteiger partial charge in [0, 0.05) is 0 Å². The number of benzene rings is 1. The molecule has 0 saturated heterocycles. The summed E-state index contributed by atoms with van der Waals surface area (Å²) in [6.45, 7) is 0. The summed E-state index contributed by atoms with van der Waals surface area (Å²) in [6.07, 6.45) is -10.2. The van der Waals surface area contributed by atoms with E-state index in [0.29, 0.717) is 0 Å². The molecule has 0 unspecified atom stereocenters. The predicted molar refractivity (Wildman–Crippen MR) is 52.7 cm³/mol. The summed E-state index contributed by atoms with van der Waals surface area (Å²) in [6, 6.07) is 0.157. The lowest BCUT2D eigenvalue weighted by atomic mass is 10.0. The Balaban J connectivity index is 3.72. The molecule has 0 saturated carbocycles. The average molecular weight is 308 g/mol. The van der Waals surface area contributed by atoms with Crippen molar-refractivity contribution < 1.29 is 31.3 Å². The summed E-state index contributed by atoms with van der Waals surface area (Å²) in [7, 11) is 0. The minimum atomic E-state index is -5.15. The fraction of sp³-hybridized carbons (Fsp3) is 0.333. The van der Waals surface area contributed by atoms with E-state index in [-0.39, 0.29) is 12.1 Å². The van der Waals surface area contributed by atoms with Crippen LogP contribution in [0.3, 0.4) is 0 Å². The number of hydrogen-bond donors (Lipinski definition) is 0. The van der Waals surface area contributed by atoms with Crippen molar-refractivity contribution in [2.45, 2.75) is 18.2 Å². The van der Waals surface area contributed by atoms with Crippen LogP contribution >= 0.6 is 11.6 Å². The smallest absolute Gasteiger partial charge is 0.258 e. The van der Waals surface area contributed by atoms with E-state index in [1.807, 2.05) is 0 Å². The van der Waals surface area contributed by atoms with Crippen molar-refractivity contribution >= 4 is 17.3 Å². The molecule has 0 aliphatic heterocycles. The number of alkyl halides is 7. The van der Waals surface area contributed by atoms with Crippen molar-refractivity contribution in [2.75, 3.05) is 0 Å². The van der Waals surface area contributed by atoms with Crippen LogP contribution in [0.1, 0.15) is 16.7 Å². The molecule has 0 aromatic heterocycles. The third-order valence-corrected chi connectivity index (χ3v) is 2.48. The first-order valence-corrected chi connectivity index (χ1v) is 5.04. The van der Waals surface area contributed by atoms with Crippen LogP contribution in [0.2, 0.25) is 0 Å². The highest BCUT2D eigenvalue weighted by Crippen LogP contribution is 2.43. The fourth-order valence-corrected chi connectivity index (χ4v) is 1.74. The van der Waals surface area contributed by atoms with Gasteiger partial charge in [0.15, 0.2) is 0 Å². The van der Waals surface area contributed by atoms with E-state index in [0.717, 1.165) is 0 Å². The van der Waals surface area contributed by atoms with Gasteiger partial charge in [0.1, 0.15) is 5.56 Å². The molecule has 10 heteroatoms. The Morgan fingerprint density at radius 3 is 1.79 bits per heavy atom. The van der Waals surface area contributed by atoms with Crippen LogP contribution in [0.5, 0.6) is 0 Å². The summed E-state index contributed by atoms with van der Waals surface area (Å²) < 4.78 is 75.2. The molecular formula is C9H4ClF6NO2. The van der Waals surface area contributed by atoms with Gasteiger partial charge < -0.3 is 0 Å². The number of halogens is 7. The zero-order chi connectivity index (χ0) is 15.0. The zero-order valence-corrected chi connectivity index (χ0v) is 9.53. The average Bonchev–Trinajstić information content (AvgIpc) is 2.24. The summed E-state index contributed by atoms with van der Waals surface area (Å²) >= 11 is 5.14. The monoisotopic (exact) mass is 307 g/mol. The molecule has 1 aromatic rings. The predicted octanol–water partition coefficient (Wildman–Crippen LogP) is 4.37. The molecule has 0 radical (unpaired) electrons. The molecule has 0 aliphatic rings. The first-order valence-electron chi connectivity index (χ1n) is 4.50. The van der Waals surface area contributed by atoms with Gasteiger partial charge in [-0.1, -0.05) is 0 Å². The van der Waals surface area contributed by atoms with E-state index in [9.17, 15) is 36.5 Å². The van der Waals surface area contributed by atoms with E-state index in [1.165, 1.54) is 0 Å². The van der Waals surface area contributed by atoms with Crippen molar-refractivity contribution in [1.82, 2.24) is 0 Å². The second kappa shape index (κ2) is 4.87. The van der Waals surface area contributed by atoms with Gasteiger partial charge >= 0.3 is 12.4 Å². The number of rotatable bonds is 2. The standard InChI is InChI=1S/C9H4ClF6NO2/c10-3-4-5(8(11,12)13)1-2-6(9(14,15)16)7(4)17(18)19/h1-2H,3H2. The van der Waals surface area contributed by atoms with Crippen molar-refractivity contribution in [3.05, 3.63) is 38.9 Å². The number of nitro benzene ring substituents is 1. The Bertz CT molecular complexity index is 511. The van der Waals surface area contributed by atoms with Crippen LogP contribution in [-0.4, -0.2) is 4.92 Å². The topological polar surface area (TPSA) is 43.1 Å². The fourth-order valence-electron chi connectivity index (χ4n) is 1.47. The number of hydrogen-bond acceptors (Lipinski definition) is 2. The SMILES string of the molecule is O=[N+]([O-])c1c(C(F)(F)F)ccc(C(F)(F)F)c1CCl. The zero-order valence-electron chi connectivity index (χ0n) is 8.77. The van der Waals surface area contributed by atoms with E-state index in [4.69, 9.17) is 11.6 Å². The van der Waals surface area contributed by atoms with Gasteiger partial charge in [-0.05, 0) is 12.1 Å². The number of nitro groups is 1. The van der Waals surface area contributed by atoms with E-state index in [2.05, 4.69) is 0 Å². The third-order valence-electron chi connectivity index (χ3n) is 2.21. The van der Waals surface area contributed by atoms with Gasteiger partial charge in [0.25, 0.3) is 5.69 Å². The molecule has 0 aliphatic carbocycles. The molecule has 0 N–H and O–H groups in total. The lowest BCUT2D eigenvalue weighted by Crippen LogP contribution is -2.16. The molecule has 0 heterocycles. The van der Waals surface area contributed by atoms with Crippen molar-refractivity contribution in [3.8, 4) is 0 Å². The van der Waals surface area contributed by atoms with Crippen LogP contribution < -0.4 is 0 Å². The third kappa shape index (κ3) is 3.09. The maximum atomic E-state index is 12.5. The van der Waals surface area contributed by atoms with Gasteiger partial charge in [0.05, 0.1) is 21.9 Å². The first-order chi connectivity index (χ1) is 8.50. The van der Waals surface area contributed by atoms with Crippen LogP contribution in [0.4, 0.5) is 32.0 Å². The Morgan fingerprint density at radius 1 is 1.05 bits per heavy atom. The summed E-state index contributed by atoms with van der Waals surface area (Å²) in [5, 5.41) is 10.6. The Labute approximate surface area is 106 Å². The lowest BCUT2D eigenvalue weighted by molar-refractivity contribution is -0.388. The maximum absolute atomic E-state index is 12.5. The van der Waals surface area contributed by atoms with Gasteiger partial charge in [-0.25, -0.2) is 0 Å². The molecule has 3 nitrogen and oxygen atoms in total. The van der Waals surface area contributed by atoms with Crippen molar-refractivity contribution in [1.29, 1.82) is 0 Å². The highest BCUT2D eigenvalue weighted by atomic mass is 35.5. The second-order valence-electron chi connectivity index (χ2n) is 3.37. The van der Waals surface area contributed by atoms with E-state index < -0.39 is 45.5 Å². The molecule has 0 atom stereocenters. The van der Waals surface area contributed by atoms with Crippen molar-refractivity contribution in [2.24, 2.45) is 0 Å². The second-order valence-corrected chi connectivity index (χ2v) is 3.64. The van der Waals surface area contributed by atoms with E-state index in [1.54, 1.807) is 0 Å². The lowest BCUT2D eigenvalue weighted by Gasteiger charge is -2.15. The van der Waals surface area contributed by atoms with Crippen molar-refractivity contribution in [3.63, 3.8) is 0 Å². The molecule has 1 rings (SSSR count). The normalized spacial score (nSPS) is 12.6. The van der Waals surface area contributed by atoms with Gasteiger partial charge in [-0.15, -0.1) is 11.6 Å². The molecule has 106 valence electrons. The molecule has 0 fully saturated rings. The van der Waals surface area contributed by atoms with Gasteiger partial charge in [-0.3, -0.25) is 10.1 Å². The van der Waals surface area contributed by atoms with E-state index >= 15 is 0 Å². The minimum Gasteiger partial charge on any atom is -0.258 e. The van der Waals surface area contributed by atoms with Gasteiger partial charge in [0.2, 0.25) is 0 Å². The quantitative estimate of drug-likeness (QED) is 0.352. The Morgan fingerprint density at radius 2 is 1.47 bits per heavy atom. The molecule has 1 aromatic carbocycles. The summed E-state index contributed by atoms with van der Waals surface area (Å²) in [5.41, 5.74) is -6.19. The summed E-state index contributed by atoms with van der Waals surface area (Å²) in [4.78, 5) is 9.09. The Kier molecular flexibility index (Phi) is 3.99. The highest BCUT2D eigenvalue weighted by Gasteiger charge is 2.44. The minimum absolute atomic E-state index is 0.0248. The molecular weight excluding hydrogens is 304 g/mol. The van der Waals surface area contributed by atoms with Crippen LogP contribution in [-0.2, 0) is 18.2 Å².